The van der Waals surface area contributed by atoms with E-state index in [4.69, 9.17) is 0 Å². The van der Waals surface area contributed by atoms with Gasteiger partial charge in [0.1, 0.15) is 0 Å². The average Bonchev–Trinajstić information content (AvgIpc) is 2.36. The Kier molecular flexibility index (Phi) is 5.06. The van der Waals surface area contributed by atoms with Gasteiger partial charge in [-0.05, 0) is 79.1 Å². The monoisotopic (exact) mass is 405 g/mol. The summed E-state index contributed by atoms with van der Waals surface area (Å²) in [5.41, 5.74) is 2.90. The fraction of sp³-hybridized carbons (Fsp3) is 0.429. The number of benzene rings is 1. The fourth-order valence-electron chi connectivity index (χ4n) is 2.40. The SMILES string of the molecule is CNC(C1=CCCCC1)c1cc(I)ccc1Br. The van der Waals surface area contributed by atoms with Gasteiger partial charge in [0, 0.05) is 8.04 Å². The normalized spacial score (nSPS) is 17.7. The van der Waals surface area contributed by atoms with Crippen molar-refractivity contribution in [1.29, 1.82) is 0 Å². The van der Waals surface area contributed by atoms with Crippen LogP contribution in [0.2, 0.25) is 0 Å². The third kappa shape index (κ3) is 3.32. The molecule has 1 aromatic rings. The lowest BCUT2D eigenvalue weighted by molar-refractivity contribution is 0.591. The molecule has 0 bridgehead atoms. The first-order chi connectivity index (χ1) is 8.22. The van der Waals surface area contributed by atoms with Crippen molar-refractivity contribution >= 4 is 38.5 Å². The summed E-state index contributed by atoms with van der Waals surface area (Å²) in [4.78, 5) is 0. The summed E-state index contributed by atoms with van der Waals surface area (Å²) in [5.74, 6) is 0. The summed E-state index contributed by atoms with van der Waals surface area (Å²) in [7, 11) is 2.05. The third-order valence-corrected chi connectivity index (χ3v) is 4.65. The van der Waals surface area contributed by atoms with Crippen LogP contribution in [0.1, 0.15) is 37.3 Å². The quantitative estimate of drug-likeness (QED) is 0.561. The third-order valence-electron chi connectivity index (χ3n) is 3.25. The Morgan fingerprint density at radius 3 is 2.82 bits per heavy atom. The molecule has 0 fully saturated rings. The van der Waals surface area contributed by atoms with Gasteiger partial charge in [-0.25, -0.2) is 0 Å². The van der Waals surface area contributed by atoms with E-state index in [2.05, 4.69) is 68.1 Å². The van der Waals surface area contributed by atoms with Gasteiger partial charge < -0.3 is 5.32 Å². The topological polar surface area (TPSA) is 12.0 Å². The van der Waals surface area contributed by atoms with Gasteiger partial charge in [0.2, 0.25) is 0 Å². The number of hydrogen-bond acceptors (Lipinski definition) is 1. The molecule has 1 N–H and O–H groups in total. The second-order valence-electron chi connectivity index (χ2n) is 4.41. The molecule has 0 aliphatic heterocycles. The van der Waals surface area contributed by atoms with E-state index in [1.165, 1.54) is 39.3 Å². The molecule has 0 spiro atoms. The minimum Gasteiger partial charge on any atom is -0.310 e. The highest BCUT2D eigenvalue weighted by molar-refractivity contribution is 14.1. The van der Waals surface area contributed by atoms with Gasteiger partial charge >= 0.3 is 0 Å². The van der Waals surface area contributed by atoms with E-state index in [-0.39, 0.29) is 0 Å². The van der Waals surface area contributed by atoms with E-state index in [0.717, 1.165) is 0 Å². The molecule has 0 aromatic heterocycles. The molecule has 0 saturated heterocycles. The van der Waals surface area contributed by atoms with Crippen LogP contribution in [0.3, 0.4) is 0 Å². The van der Waals surface area contributed by atoms with Crippen LogP contribution >= 0.6 is 38.5 Å². The van der Waals surface area contributed by atoms with Crippen molar-refractivity contribution in [3.63, 3.8) is 0 Å². The molecule has 2 rings (SSSR count). The number of halogens is 2. The zero-order valence-corrected chi connectivity index (χ0v) is 13.7. The first-order valence-electron chi connectivity index (χ1n) is 6.03. The lowest BCUT2D eigenvalue weighted by atomic mass is 9.90. The first-order valence-corrected chi connectivity index (χ1v) is 7.90. The maximum absolute atomic E-state index is 3.67. The van der Waals surface area contributed by atoms with Gasteiger partial charge in [0.25, 0.3) is 0 Å². The highest BCUT2D eigenvalue weighted by atomic mass is 127. The number of rotatable bonds is 3. The van der Waals surface area contributed by atoms with Crippen molar-refractivity contribution in [3.8, 4) is 0 Å². The maximum Gasteiger partial charge on any atom is 0.0545 e. The molecule has 17 heavy (non-hydrogen) atoms. The van der Waals surface area contributed by atoms with Crippen LogP contribution in [-0.4, -0.2) is 7.05 Å². The summed E-state index contributed by atoms with van der Waals surface area (Å²) < 4.78 is 2.49. The molecule has 1 unspecified atom stereocenters. The Balaban J connectivity index is 2.34. The van der Waals surface area contributed by atoms with Gasteiger partial charge in [0.15, 0.2) is 0 Å². The minimum atomic E-state index is 0.361. The number of hydrogen-bond donors (Lipinski definition) is 1. The molecule has 0 radical (unpaired) electrons. The van der Waals surface area contributed by atoms with E-state index in [1.807, 2.05) is 7.05 Å². The van der Waals surface area contributed by atoms with Gasteiger partial charge in [0.05, 0.1) is 6.04 Å². The second-order valence-corrected chi connectivity index (χ2v) is 6.51. The van der Waals surface area contributed by atoms with E-state index in [9.17, 15) is 0 Å². The molecular formula is C14H17BrIN. The molecule has 1 aliphatic carbocycles. The van der Waals surface area contributed by atoms with Crippen LogP contribution in [0.15, 0.2) is 34.3 Å². The van der Waals surface area contributed by atoms with E-state index in [0.29, 0.717) is 6.04 Å². The molecule has 0 saturated carbocycles. The minimum absolute atomic E-state index is 0.361. The summed E-state index contributed by atoms with van der Waals surface area (Å²) in [6, 6.07) is 6.90. The van der Waals surface area contributed by atoms with Crippen molar-refractivity contribution < 1.29 is 0 Å². The van der Waals surface area contributed by atoms with E-state index in [1.54, 1.807) is 5.57 Å². The van der Waals surface area contributed by atoms with Gasteiger partial charge in [-0.3, -0.25) is 0 Å². The first kappa shape index (κ1) is 13.6. The highest BCUT2D eigenvalue weighted by Gasteiger charge is 2.18. The number of allylic oxidation sites excluding steroid dienone is 1. The predicted molar refractivity (Wildman–Crippen MR) is 85.2 cm³/mol. The standard InChI is InChI=1S/C14H17BrIN/c1-17-14(10-5-3-2-4-6-10)12-9-11(16)7-8-13(12)15/h5,7-9,14,17H,2-4,6H2,1H3. The van der Waals surface area contributed by atoms with Crippen molar-refractivity contribution in [1.82, 2.24) is 5.32 Å². The van der Waals surface area contributed by atoms with Crippen LogP contribution < -0.4 is 5.32 Å². The van der Waals surface area contributed by atoms with Gasteiger partial charge in [-0.15, -0.1) is 0 Å². The number of nitrogens with one attached hydrogen (secondary N) is 1. The Bertz CT molecular complexity index is 428. The van der Waals surface area contributed by atoms with Crippen molar-refractivity contribution in [2.24, 2.45) is 0 Å². The zero-order valence-electron chi connectivity index (χ0n) is 9.97. The van der Waals surface area contributed by atoms with E-state index >= 15 is 0 Å². The van der Waals surface area contributed by atoms with Gasteiger partial charge in [-0.2, -0.15) is 0 Å². The Labute approximate surface area is 125 Å². The molecule has 1 atom stereocenters. The zero-order chi connectivity index (χ0) is 12.3. The largest absolute Gasteiger partial charge is 0.310 e. The Hall–Kier alpha value is 0.130. The predicted octanol–water partition coefficient (Wildman–Crippen LogP) is 4.81. The Morgan fingerprint density at radius 1 is 1.35 bits per heavy atom. The molecule has 1 aliphatic rings. The van der Waals surface area contributed by atoms with Crippen LogP contribution in [0, 0.1) is 3.57 Å². The average molecular weight is 406 g/mol. The molecule has 1 nitrogen and oxygen atoms in total. The summed E-state index contributed by atoms with van der Waals surface area (Å²) in [6.07, 6.45) is 7.54. The van der Waals surface area contributed by atoms with E-state index < -0.39 is 0 Å². The lowest BCUT2D eigenvalue weighted by Gasteiger charge is -2.24. The molecule has 0 amide bonds. The molecule has 1 aromatic carbocycles. The van der Waals surface area contributed by atoms with Crippen LogP contribution in [-0.2, 0) is 0 Å². The smallest absolute Gasteiger partial charge is 0.0545 e. The Morgan fingerprint density at radius 2 is 2.18 bits per heavy atom. The molecule has 0 heterocycles. The van der Waals surface area contributed by atoms with Crippen LogP contribution in [0.5, 0.6) is 0 Å². The maximum atomic E-state index is 3.67. The summed E-state index contributed by atoms with van der Waals surface area (Å²) >= 11 is 6.04. The summed E-state index contributed by atoms with van der Waals surface area (Å²) in [5, 5.41) is 3.45. The van der Waals surface area contributed by atoms with Gasteiger partial charge in [-0.1, -0.05) is 27.6 Å². The van der Waals surface area contributed by atoms with Crippen molar-refractivity contribution in [2.45, 2.75) is 31.7 Å². The van der Waals surface area contributed by atoms with Crippen LogP contribution in [0.4, 0.5) is 0 Å². The second kappa shape index (κ2) is 6.34. The lowest BCUT2D eigenvalue weighted by Crippen LogP contribution is -2.20. The highest BCUT2D eigenvalue weighted by Crippen LogP contribution is 2.34. The molecule has 3 heteroatoms. The fourth-order valence-corrected chi connectivity index (χ4v) is 3.39. The summed E-state index contributed by atoms with van der Waals surface area (Å²) in [6.45, 7) is 0. The van der Waals surface area contributed by atoms with Crippen molar-refractivity contribution in [2.75, 3.05) is 7.05 Å². The van der Waals surface area contributed by atoms with Crippen molar-refractivity contribution in [3.05, 3.63) is 43.5 Å². The molecule has 92 valence electrons. The number of likely N-dealkylation sites (N-methyl/N-ethyl adjacent to an activating group) is 1. The molecular weight excluding hydrogens is 389 g/mol. The van der Waals surface area contributed by atoms with Crippen LogP contribution in [0.25, 0.3) is 0 Å².